The minimum Gasteiger partial charge on any atom is -0.289 e. The monoisotopic (exact) mass is 414 g/mol. The maximum atomic E-state index is 12.0. The molecular formula is C21H26N4O3S. The van der Waals surface area contributed by atoms with E-state index < -0.39 is 22.3 Å². The SMILES string of the molecule is CS(=O)(=O)O[C@H]1[C@@H](N=[N+]=[N-])CCC[C@H]1N(Cc1ccccc1)Cc1ccccc1. The van der Waals surface area contributed by atoms with Crippen LogP contribution >= 0.6 is 0 Å². The molecular weight excluding hydrogens is 388 g/mol. The van der Waals surface area contributed by atoms with Crippen molar-refractivity contribution in [3.8, 4) is 0 Å². The summed E-state index contributed by atoms with van der Waals surface area (Å²) >= 11 is 0. The highest BCUT2D eigenvalue weighted by atomic mass is 32.2. The van der Waals surface area contributed by atoms with Crippen LogP contribution in [0.1, 0.15) is 30.4 Å². The van der Waals surface area contributed by atoms with Crippen LogP contribution in [0.2, 0.25) is 0 Å². The van der Waals surface area contributed by atoms with Gasteiger partial charge in [0.2, 0.25) is 0 Å². The highest BCUT2D eigenvalue weighted by Crippen LogP contribution is 2.31. The molecule has 0 radical (unpaired) electrons. The van der Waals surface area contributed by atoms with Gasteiger partial charge in [-0.25, -0.2) is 0 Å². The third-order valence-corrected chi connectivity index (χ3v) is 5.74. The molecule has 7 nitrogen and oxygen atoms in total. The summed E-state index contributed by atoms with van der Waals surface area (Å²) in [4.78, 5) is 5.17. The Morgan fingerprint density at radius 1 is 1.03 bits per heavy atom. The number of rotatable bonds is 8. The standard InChI is InChI=1S/C21H26N4O3S/c1-29(26,27)28-21-19(23-24-22)13-8-14-20(21)25(15-17-9-4-2-5-10-17)16-18-11-6-3-7-12-18/h2-7,9-12,19-21H,8,13-16H2,1H3/t19-,20+,21-/m0/s1. The van der Waals surface area contributed by atoms with E-state index in [2.05, 4.69) is 39.2 Å². The van der Waals surface area contributed by atoms with Crippen molar-refractivity contribution < 1.29 is 12.6 Å². The second-order valence-corrected chi connectivity index (χ2v) is 9.01. The molecule has 1 saturated carbocycles. The third-order valence-electron chi connectivity index (χ3n) is 5.17. The van der Waals surface area contributed by atoms with Crippen LogP contribution in [-0.2, 0) is 27.4 Å². The molecule has 2 aromatic carbocycles. The molecule has 0 spiro atoms. The number of hydrogen-bond donors (Lipinski definition) is 0. The van der Waals surface area contributed by atoms with Crippen LogP contribution in [0, 0.1) is 0 Å². The fourth-order valence-electron chi connectivity index (χ4n) is 3.96. The average Bonchev–Trinajstić information content (AvgIpc) is 2.69. The van der Waals surface area contributed by atoms with Crippen molar-refractivity contribution in [2.75, 3.05) is 6.26 Å². The number of hydrogen-bond acceptors (Lipinski definition) is 5. The largest absolute Gasteiger partial charge is 0.289 e. The molecule has 0 amide bonds. The summed E-state index contributed by atoms with van der Waals surface area (Å²) in [7, 11) is -3.70. The molecule has 3 atom stereocenters. The first kappa shape index (κ1) is 21.3. The third kappa shape index (κ3) is 6.30. The zero-order chi connectivity index (χ0) is 20.7. The number of benzene rings is 2. The average molecular weight is 415 g/mol. The second-order valence-electron chi connectivity index (χ2n) is 7.41. The molecule has 29 heavy (non-hydrogen) atoms. The molecule has 2 aromatic rings. The van der Waals surface area contributed by atoms with Gasteiger partial charge < -0.3 is 0 Å². The lowest BCUT2D eigenvalue weighted by atomic mass is 9.87. The molecule has 0 heterocycles. The Morgan fingerprint density at radius 3 is 2.07 bits per heavy atom. The Bertz CT molecular complexity index is 889. The molecule has 1 fully saturated rings. The molecule has 0 bridgehead atoms. The van der Waals surface area contributed by atoms with Gasteiger partial charge in [-0.3, -0.25) is 9.08 Å². The van der Waals surface area contributed by atoms with Crippen LogP contribution in [0.4, 0.5) is 0 Å². The summed E-state index contributed by atoms with van der Waals surface area (Å²) in [5.74, 6) is 0. The molecule has 0 N–H and O–H groups in total. The van der Waals surface area contributed by atoms with E-state index in [1.165, 1.54) is 0 Å². The second kappa shape index (κ2) is 9.89. The van der Waals surface area contributed by atoms with E-state index >= 15 is 0 Å². The Labute approximate surface area is 172 Å². The van der Waals surface area contributed by atoms with E-state index in [1.54, 1.807) is 0 Å². The summed E-state index contributed by atoms with van der Waals surface area (Å²) in [6.45, 7) is 1.29. The lowest BCUT2D eigenvalue weighted by molar-refractivity contribution is 0.0190. The van der Waals surface area contributed by atoms with Gasteiger partial charge in [-0.1, -0.05) is 72.2 Å². The van der Waals surface area contributed by atoms with Crippen molar-refractivity contribution in [1.29, 1.82) is 0 Å². The Morgan fingerprint density at radius 2 is 1.59 bits per heavy atom. The van der Waals surface area contributed by atoms with Gasteiger partial charge >= 0.3 is 0 Å². The van der Waals surface area contributed by atoms with Crippen LogP contribution in [0.15, 0.2) is 65.8 Å². The Hall–Kier alpha value is -2.38. The fraction of sp³-hybridized carbons (Fsp3) is 0.429. The quantitative estimate of drug-likeness (QED) is 0.279. The van der Waals surface area contributed by atoms with Gasteiger partial charge in [0.05, 0.1) is 12.3 Å². The van der Waals surface area contributed by atoms with Crippen molar-refractivity contribution in [2.24, 2.45) is 5.11 Å². The molecule has 8 heteroatoms. The van der Waals surface area contributed by atoms with Crippen molar-refractivity contribution in [3.63, 3.8) is 0 Å². The van der Waals surface area contributed by atoms with E-state index in [0.29, 0.717) is 19.5 Å². The summed E-state index contributed by atoms with van der Waals surface area (Å²) in [5, 5.41) is 3.86. The normalized spacial score (nSPS) is 22.2. The van der Waals surface area contributed by atoms with Crippen LogP contribution in [0.25, 0.3) is 10.4 Å². The maximum Gasteiger partial charge on any atom is 0.264 e. The van der Waals surface area contributed by atoms with Crippen molar-refractivity contribution in [2.45, 2.75) is 50.5 Å². The van der Waals surface area contributed by atoms with E-state index in [1.807, 2.05) is 36.4 Å². The smallest absolute Gasteiger partial charge is 0.264 e. The number of azide groups is 1. The molecule has 0 unspecified atom stereocenters. The molecule has 3 rings (SSSR count). The minimum absolute atomic E-state index is 0.186. The lowest BCUT2D eigenvalue weighted by Gasteiger charge is -2.42. The lowest BCUT2D eigenvalue weighted by Crippen LogP contribution is -2.52. The van der Waals surface area contributed by atoms with Crippen LogP contribution in [0.5, 0.6) is 0 Å². The zero-order valence-corrected chi connectivity index (χ0v) is 17.3. The zero-order valence-electron chi connectivity index (χ0n) is 16.5. The summed E-state index contributed by atoms with van der Waals surface area (Å²) in [6, 6.07) is 19.4. The van der Waals surface area contributed by atoms with E-state index in [4.69, 9.17) is 9.71 Å². The highest BCUT2D eigenvalue weighted by Gasteiger charge is 2.39. The Balaban J connectivity index is 1.94. The van der Waals surface area contributed by atoms with Gasteiger partial charge in [0, 0.05) is 24.0 Å². The van der Waals surface area contributed by atoms with Gasteiger partial charge in [-0.05, 0) is 29.5 Å². The topological polar surface area (TPSA) is 95.4 Å². The van der Waals surface area contributed by atoms with E-state index in [9.17, 15) is 8.42 Å². The molecule has 154 valence electrons. The summed E-state index contributed by atoms with van der Waals surface area (Å²) in [6.07, 6.45) is 2.58. The first-order chi connectivity index (χ1) is 14.0. The van der Waals surface area contributed by atoms with Gasteiger partial charge in [0.1, 0.15) is 6.10 Å². The maximum absolute atomic E-state index is 12.0. The predicted molar refractivity (Wildman–Crippen MR) is 112 cm³/mol. The van der Waals surface area contributed by atoms with Crippen LogP contribution in [-0.4, -0.2) is 37.8 Å². The van der Waals surface area contributed by atoms with E-state index in [-0.39, 0.29) is 6.04 Å². The Kier molecular flexibility index (Phi) is 7.28. The number of nitrogens with zero attached hydrogens (tertiary/aromatic N) is 4. The minimum atomic E-state index is -3.70. The molecule has 1 aliphatic carbocycles. The van der Waals surface area contributed by atoms with Gasteiger partial charge in [-0.2, -0.15) is 8.42 Å². The summed E-state index contributed by atoms with van der Waals surface area (Å²) in [5.41, 5.74) is 11.2. The molecule has 0 saturated heterocycles. The first-order valence-electron chi connectivity index (χ1n) is 9.70. The highest BCUT2D eigenvalue weighted by molar-refractivity contribution is 7.86. The van der Waals surface area contributed by atoms with Crippen LogP contribution in [0.3, 0.4) is 0 Å². The molecule has 0 aliphatic heterocycles. The molecule has 1 aliphatic rings. The van der Waals surface area contributed by atoms with Crippen molar-refractivity contribution in [1.82, 2.24) is 4.90 Å². The van der Waals surface area contributed by atoms with Gasteiger partial charge in [-0.15, -0.1) is 0 Å². The fourth-order valence-corrected chi connectivity index (χ4v) is 4.62. The molecule has 0 aromatic heterocycles. The van der Waals surface area contributed by atoms with Gasteiger partial charge in [0.15, 0.2) is 0 Å². The van der Waals surface area contributed by atoms with Crippen molar-refractivity contribution >= 4 is 10.1 Å². The summed E-state index contributed by atoms with van der Waals surface area (Å²) < 4.78 is 29.4. The van der Waals surface area contributed by atoms with Crippen LogP contribution < -0.4 is 0 Å². The van der Waals surface area contributed by atoms with Gasteiger partial charge in [0.25, 0.3) is 10.1 Å². The first-order valence-corrected chi connectivity index (χ1v) is 11.5. The van der Waals surface area contributed by atoms with Crippen molar-refractivity contribution in [3.05, 3.63) is 82.2 Å². The predicted octanol–water partition coefficient (Wildman–Crippen LogP) is 4.27. The van der Waals surface area contributed by atoms with E-state index in [0.717, 1.165) is 30.2 Å².